The van der Waals surface area contributed by atoms with Crippen molar-refractivity contribution in [1.29, 1.82) is 0 Å². The van der Waals surface area contributed by atoms with Crippen LogP contribution in [0.2, 0.25) is 10.0 Å². The Morgan fingerprint density at radius 1 is 0.972 bits per heavy atom. The molecular weight excluding hydrogens is 521 g/mol. The molecule has 0 bridgehead atoms. The van der Waals surface area contributed by atoms with Crippen LogP contribution in [0.5, 0.6) is 0 Å². The number of hydrogen-bond donors (Lipinski definition) is 1. The molecule has 0 saturated carbocycles. The summed E-state index contributed by atoms with van der Waals surface area (Å²) in [5.74, 6) is -0.641. The van der Waals surface area contributed by atoms with E-state index in [4.69, 9.17) is 23.2 Å². The predicted octanol–water partition coefficient (Wildman–Crippen LogP) is 5.21. The van der Waals surface area contributed by atoms with E-state index in [0.717, 1.165) is 22.5 Å². The highest BCUT2D eigenvalue weighted by Gasteiger charge is 2.31. The number of amides is 2. The molecular formula is C26H35Cl2N3O4S. The molecule has 0 unspecified atom stereocenters. The molecule has 0 aliphatic carbocycles. The van der Waals surface area contributed by atoms with E-state index >= 15 is 0 Å². The SMILES string of the molecule is CC[C@H](C)NC(=O)[C@@H](C)N(Cc1c(Cl)cccc1Cl)C(=O)CN(c1ccc(C(C)C)cc1)S(C)(=O)=O. The molecule has 0 aromatic heterocycles. The predicted molar refractivity (Wildman–Crippen MR) is 147 cm³/mol. The molecule has 0 saturated heterocycles. The number of nitrogens with one attached hydrogen (secondary N) is 1. The van der Waals surface area contributed by atoms with E-state index in [-0.39, 0.29) is 24.4 Å². The number of carbonyl (C=O) groups excluding carboxylic acids is 2. The van der Waals surface area contributed by atoms with E-state index in [1.165, 1.54) is 4.90 Å². The lowest BCUT2D eigenvalue weighted by Crippen LogP contribution is -2.52. The fraction of sp³-hybridized carbons (Fsp3) is 0.462. The number of benzene rings is 2. The summed E-state index contributed by atoms with van der Waals surface area (Å²) < 4.78 is 26.4. The van der Waals surface area contributed by atoms with Gasteiger partial charge in [-0.3, -0.25) is 13.9 Å². The number of hydrogen-bond acceptors (Lipinski definition) is 4. The third-order valence-electron chi connectivity index (χ3n) is 6.09. The highest BCUT2D eigenvalue weighted by Crippen LogP contribution is 2.27. The van der Waals surface area contributed by atoms with Gasteiger partial charge in [-0.1, -0.05) is 62.2 Å². The van der Waals surface area contributed by atoms with Crippen LogP contribution < -0.4 is 9.62 Å². The number of halogens is 2. The minimum absolute atomic E-state index is 0.0592. The largest absolute Gasteiger partial charge is 0.352 e. The van der Waals surface area contributed by atoms with Gasteiger partial charge in [0.2, 0.25) is 21.8 Å². The first-order chi connectivity index (χ1) is 16.8. The van der Waals surface area contributed by atoms with Gasteiger partial charge in [-0.25, -0.2) is 8.42 Å². The van der Waals surface area contributed by atoms with Crippen molar-refractivity contribution in [1.82, 2.24) is 10.2 Å². The molecule has 36 heavy (non-hydrogen) atoms. The van der Waals surface area contributed by atoms with Crippen LogP contribution in [0.3, 0.4) is 0 Å². The molecule has 2 rings (SSSR count). The van der Waals surface area contributed by atoms with E-state index in [9.17, 15) is 18.0 Å². The Balaban J connectivity index is 2.44. The van der Waals surface area contributed by atoms with Crippen molar-refractivity contribution in [2.24, 2.45) is 0 Å². The summed E-state index contributed by atoms with van der Waals surface area (Å²) in [6.07, 6.45) is 1.77. The summed E-state index contributed by atoms with van der Waals surface area (Å²) in [5, 5.41) is 3.57. The van der Waals surface area contributed by atoms with Gasteiger partial charge in [0.05, 0.1) is 11.9 Å². The van der Waals surface area contributed by atoms with Gasteiger partial charge in [-0.15, -0.1) is 0 Å². The molecule has 0 spiro atoms. The number of anilines is 1. The maximum atomic E-state index is 13.6. The summed E-state index contributed by atoms with van der Waals surface area (Å²) in [7, 11) is -3.80. The van der Waals surface area contributed by atoms with Crippen LogP contribution in [0.4, 0.5) is 5.69 Å². The third-order valence-corrected chi connectivity index (χ3v) is 7.93. The van der Waals surface area contributed by atoms with Crippen LogP contribution in [0.1, 0.15) is 58.1 Å². The molecule has 0 fully saturated rings. The average molecular weight is 557 g/mol. The smallest absolute Gasteiger partial charge is 0.244 e. The first-order valence-electron chi connectivity index (χ1n) is 11.9. The molecule has 198 valence electrons. The Morgan fingerprint density at radius 2 is 1.53 bits per heavy atom. The Kier molecular flexibility index (Phi) is 10.6. The number of rotatable bonds is 11. The van der Waals surface area contributed by atoms with Crippen molar-refractivity contribution >= 4 is 50.7 Å². The zero-order valence-corrected chi connectivity index (χ0v) is 23.9. The molecule has 7 nitrogen and oxygen atoms in total. The quantitative estimate of drug-likeness (QED) is 0.412. The van der Waals surface area contributed by atoms with Crippen LogP contribution in [-0.2, 0) is 26.2 Å². The first-order valence-corrected chi connectivity index (χ1v) is 14.5. The Hall–Kier alpha value is -2.29. The summed E-state index contributed by atoms with van der Waals surface area (Å²) in [4.78, 5) is 27.9. The summed E-state index contributed by atoms with van der Waals surface area (Å²) >= 11 is 12.7. The van der Waals surface area contributed by atoms with Gasteiger partial charge in [0.1, 0.15) is 12.6 Å². The molecule has 0 aliphatic rings. The molecule has 2 aromatic carbocycles. The number of sulfonamides is 1. The second-order valence-electron chi connectivity index (χ2n) is 9.23. The fourth-order valence-electron chi connectivity index (χ4n) is 3.54. The van der Waals surface area contributed by atoms with Gasteiger partial charge in [-0.2, -0.15) is 0 Å². The number of carbonyl (C=O) groups is 2. The van der Waals surface area contributed by atoms with Crippen molar-refractivity contribution in [2.75, 3.05) is 17.1 Å². The van der Waals surface area contributed by atoms with Crippen molar-refractivity contribution in [2.45, 2.75) is 65.6 Å². The second-order valence-corrected chi connectivity index (χ2v) is 12.0. The number of nitrogens with zero attached hydrogens (tertiary/aromatic N) is 2. The normalized spacial score (nSPS) is 13.2. The third kappa shape index (κ3) is 7.85. The van der Waals surface area contributed by atoms with Crippen molar-refractivity contribution < 1.29 is 18.0 Å². The van der Waals surface area contributed by atoms with E-state index in [0.29, 0.717) is 21.3 Å². The lowest BCUT2D eigenvalue weighted by atomic mass is 10.0. The molecule has 10 heteroatoms. The Labute approximate surface area is 224 Å². The Morgan fingerprint density at radius 3 is 2.00 bits per heavy atom. The van der Waals surface area contributed by atoms with Crippen molar-refractivity contribution in [3.8, 4) is 0 Å². The van der Waals surface area contributed by atoms with Crippen LogP contribution in [0.15, 0.2) is 42.5 Å². The molecule has 2 aromatic rings. The van der Waals surface area contributed by atoms with Gasteiger partial charge in [0.15, 0.2) is 0 Å². The molecule has 2 amide bonds. The summed E-state index contributed by atoms with van der Waals surface area (Å²) in [6.45, 7) is 8.94. The van der Waals surface area contributed by atoms with E-state index in [1.807, 2.05) is 39.8 Å². The Bertz CT molecular complexity index is 1150. The minimum Gasteiger partial charge on any atom is -0.352 e. The van der Waals surface area contributed by atoms with Crippen LogP contribution in [0, 0.1) is 0 Å². The fourth-order valence-corrected chi connectivity index (χ4v) is 4.91. The van der Waals surface area contributed by atoms with E-state index < -0.39 is 28.5 Å². The zero-order chi connectivity index (χ0) is 27.2. The van der Waals surface area contributed by atoms with Crippen LogP contribution in [-0.4, -0.2) is 50.0 Å². The topological polar surface area (TPSA) is 86.8 Å². The standard InChI is InChI=1S/C26H35Cl2N3O4S/c1-7-18(4)29-26(33)19(5)30(15-22-23(27)9-8-10-24(22)28)25(32)16-31(36(6,34)35)21-13-11-20(12-14-21)17(2)3/h8-14,17-19H,7,15-16H2,1-6H3,(H,29,33)/t18-,19+/m0/s1. The molecule has 0 aliphatic heterocycles. The van der Waals surface area contributed by atoms with Gasteiger partial charge in [0, 0.05) is 28.2 Å². The van der Waals surface area contributed by atoms with Gasteiger partial charge in [-0.05, 0) is 56.0 Å². The van der Waals surface area contributed by atoms with Crippen molar-refractivity contribution in [3.63, 3.8) is 0 Å². The zero-order valence-electron chi connectivity index (χ0n) is 21.6. The highest BCUT2D eigenvalue weighted by molar-refractivity contribution is 7.92. The van der Waals surface area contributed by atoms with Crippen LogP contribution >= 0.6 is 23.2 Å². The monoisotopic (exact) mass is 555 g/mol. The molecule has 1 N–H and O–H groups in total. The van der Waals surface area contributed by atoms with Gasteiger partial charge in [0.25, 0.3) is 0 Å². The summed E-state index contributed by atoms with van der Waals surface area (Å²) in [6, 6.07) is 11.0. The van der Waals surface area contributed by atoms with E-state index in [1.54, 1.807) is 37.3 Å². The highest BCUT2D eigenvalue weighted by atomic mass is 35.5. The first kappa shape index (κ1) is 29.9. The second kappa shape index (κ2) is 12.8. The molecule has 2 atom stereocenters. The van der Waals surface area contributed by atoms with Gasteiger partial charge < -0.3 is 10.2 Å². The molecule has 0 heterocycles. The maximum absolute atomic E-state index is 13.6. The van der Waals surface area contributed by atoms with Gasteiger partial charge >= 0.3 is 0 Å². The lowest BCUT2D eigenvalue weighted by Gasteiger charge is -2.32. The van der Waals surface area contributed by atoms with Crippen LogP contribution in [0.25, 0.3) is 0 Å². The van der Waals surface area contributed by atoms with Crippen molar-refractivity contribution in [3.05, 3.63) is 63.6 Å². The maximum Gasteiger partial charge on any atom is 0.244 e. The molecule has 0 radical (unpaired) electrons. The minimum atomic E-state index is -3.80. The lowest BCUT2D eigenvalue weighted by molar-refractivity contribution is -0.139. The average Bonchev–Trinajstić information content (AvgIpc) is 2.81. The summed E-state index contributed by atoms with van der Waals surface area (Å²) in [5.41, 5.74) is 1.89. The van der Waals surface area contributed by atoms with E-state index in [2.05, 4.69) is 5.32 Å².